The molecule has 4 nitrogen and oxygen atoms in total. The van der Waals surface area contributed by atoms with Gasteiger partial charge in [0.05, 0.1) is 5.56 Å². The summed E-state index contributed by atoms with van der Waals surface area (Å²) >= 11 is 0. The highest BCUT2D eigenvalue weighted by molar-refractivity contribution is 7.80. The van der Waals surface area contributed by atoms with E-state index in [-0.39, 0.29) is 5.56 Å². The number of anilines is 1. The maximum atomic E-state index is 10.7. The van der Waals surface area contributed by atoms with Crippen molar-refractivity contribution in [2.24, 2.45) is 5.73 Å². The number of para-hydroxylation sites is 1. The van der Waals surface area contributed by atoms with Gasteiger partial charge in [-0.2, -0.15) is 0 Å². The molecule has 0 atom stereocenters. The number of hydrogen-bond donors (Lipinski definition) is 3. The summed E-state index contributed by atoms with van der Waals surface area (Å²) in [6.07, 6.45) is 2.84. The van der Waals surface area contributed by atoms with Gasteiger partial charge in [-0.3, -0.25) is 0 Å². The lowest BCUT2D eigenvalue weighted by molar-refractivity contribution is 0.0697. The average molecular weight is 849 g/mol. The molecule has 0 saturated carbocycles. The minimum absolute atomic E-state index is 0.238. The number of nitrogen functional groups attached to an aromatic ring is 1. The Bertz CT molecular complexity index is 2220. The van der Waals surface area contributed by atoms with Crippen molar-refractivity contribution in [3.63, 3.8) is 0 Å². The second-order valence-corrected chi connectivity index (χ2v) is 17.5. The van der Waals surface area contributed by atoms with Crippen molar-refractivity contribution in [1.29, 1.82) is 0 Å². The highest BCUT2D eigenvalue weighted by Crippen LogP contribution is 2.33. The number of carbonyl (C=O) groups is 1. The van der Waals surface area contributed by atoms with E-state index in [9.17, 15) is 4.79 Å². The maximum Gasteiger partial charge on any atom is 0.335 e. The summed E-state index contributed by atoms with van der Waals surface area (Å²) in [4.78, 5) is 10.7. The van der Waals surface area contributed by atoms with Gasteiger partial charge in [0.1, 0.15) is 0 Å². The Hall–Kier alpha value is -7.01. The zero-order valence-electron chi connectivity index (χ0n) is 35.5. The molecule has 0 aliphatic carbocycles. The Morgan fingerprint density at radius 3 is 1.02 bits per heavy atom. The minimum Gasteiger partial charge on any atom is -0.478 e. The number of carboxylic acids is 1. The molecule has 62 heavy (non-hydrogen) atoms. The lowest BCUT2D eigenvalue weighted by Crippen LogP contribution is -2.20. The van der Waals surface area contributed by atoms with E-state index in [4.69, 9.17) is 16.6 Å². The predicted octanol–water partition coefficient (Wildman–Crippen LogP) is 10.7. The van der Waals surface area contributed by atoms with Crippen LogP contribution in [0.4, 0.5) is 5.69 Å². The third-order valence-electron chi connectivity index (χ3n) is 8.76. The Kier molecular flexibility index (Phi) is 21.3. The van der Waals surface area contributed by atoms with Gasteiger partial charge < -0.3 is 16.6 Å². The predicted molar refractivity (Wildman–Crippen MR) is 271 cm³/mol. The highest BCUT2D eigenvalue weighted by atomic mass is 31.1. The second-order valence-electron chi connectivity index (χ2n) is 13.1. The summed E-state index contributed by atoms with van der Waals surface area (Å²) in [5.74, 6) is 4.59. The van der Waals surface area contributed by atoms with Crippen LogP contribution in [0.15, 0.2) is 243 Å². The first-order valence-electron chi connectivity index (χ1n) is 20.4. The molecule has 310 valence electrons. The minimum atomic E-state index is -0.951. The molecule has 0 aliphatic rings. The van der Waals surface area contributed by atoms with Crippen LogP contribution in [0.3, 0.4) is 0 Å². The quantitative estimate of drug-likeness (QED) is 0.0847. The average Bonchev–Trinajstić information content (AvgIpc) is 3.33. The summed E-state index contributed by atoms with van der Waals surface area (Å²) in [7, 11) is -0.892. The standard InChI is InChI=1S/2C18H15P.C12H11NO2.C6H7N.C2H6/c2*1-4-10-16(11-5-1)19(17-12-6-2-7-13-17)18-14-8-3-9-15-18;1-9-5-6-11(12(14)15)8-10(9)4-2-3-7-13;7-6-4-2-1-3-5-6;1-2/h2*1-15H;3,5-8H,13H2,1H3,(H,14,15);1-5H,7H2;1-2H3/b;;7-3+;;. The number of benzene rings is 8. The van der Waals surface area contributed by atoms with Crippen LogP contribution in [0, 0.1) is 18.8 Å². The number of nitrogens with two attached hydrogens (primary N) is 2. The first-order valence-corrected chi connectivity index (χ1v) is 23.1. The largest absolute Gasteiger partial charge is 0.478 e. The molecule has 0 amide bonds. The summed E-state index contributed by atoms with van der Waals surface area (Å²) in [5.41, 5.74) is 13.2. The van der Waals surface area contributed by atoms with Crippen molar-refractivity contribution in [1.82, 2.24) is 0 Å². The number of aryl methyl sites for hydroxylation is 1. The molecule has 0 unspecified atom stereocenters. The van der Waals surface area contributed by atoms with E-state index in [0.29, 0.717) is 5.56 Å². The van der Waals surface area contributed by atoms with Crippen molar-refractivity contribution < 1.29 is 9.90 Å². The summed E-state index contributed by atoms with van der Waals surface area (Å²) in [5, 5.41) is 17.2. The van der Waals surface area contributed by atoms with Gasteiger partial charge >= 0.3 is 5.97 Å². The Morgan fingerprint density at radius 2 is 0.774 bits per heavy atom. The van der Waals surface area contributed by atoms with Crippen LogP contribution in [-0.4, -0.2) is 11.1 Å². The zero-order chi connectivity index (χ0) is 44.2. The van der Waals surface area contributed by atoms with Gasteiger partial charge in [-0.05, 0) is 84.4 Å². The summed E-state index contributed by atoms with van der Waals surface area (Å²) in [6.45, 7) is 5.88. The molecule has 0 spiro atoms. The third kappa shape index (κ3) is 15.9. The van der Waals surface area contributed by atoms with Crippen LogP contribution >= 0.6 is 15.8 Å². The summed E-state index contributed by atoms with van der Waals surface area (Å²) in [6, 6.07) is 79.0. The van der Waals surface area contributed by atoms with E-state index in [1.165, 1.54) is 44.1 Å². The number of aromatic carboxylic acids is 1. The van der Waals surface area contributed by atoms with E-state index in [0.717, 1.165) is 11.3 Å². The Morgan fingerprint density at radius 1 is 0.484 bits per heavy atom. The van der Waals surface area contributed by atoms with Crippen molar-refractivity contribution in [2.45, 2.75) is 20.8 Å². The first kappa shape index (κ1) is 47.7. The van der Waals surface area contributed by atoms with Gasteiger partial charge in [0.15, 0.2) is 0 Å². The molecule has 0 aliphatic heterocycles. The van der Waals surface area contributed by atoms with Crippen molar-refractivity contribution >= 4 is 59.3 Å². The van der Waals surface area contributed by atoms with Crippen LogP contribution in [0.5, 0.6) is 0 Å². The molecular weight excluding hydrogens is 795 g/mol. The van der Waals surface area contributed by atoms with Gasteiger partial charge in [0.2, 0.25) is 0 Å². The normalized spacial score (nSPS) is 9.89. The summed E-state index contributed by atoms with van der Waals surface area (Å²) < 4.78 is 0. The molecule has 0 fully saturated rings. The van der Waals surface area contributed by atoms with E-state index in [1.807, 2.05) is 51.1 Å². The lowest BCUT2D eigenvalue weighted by Gasteiger charge is -2.18. The molecule has 0 aromatic heterocycles. The maximum absolute atomic E-state index is 10.7. The second kappa shape index (κ2) is 27.7. The van der Waals surface area contributed by atoms with E-state index < -0.39 is 21.8 Å². The fraction of sp³-hybridized carbons (Fsp3) is 0.0536. The van der Waals surface area contributed by atoms with E-state index in [2.05, 4.69) is 194 Å². The number of carboxylic acid groups (broad SMARTS) is 1. The zero-order valence-corrected chi connectivity index (χ0v) is 37.3. The smallest absolute Gasteiger partial charge is 0.335 e. The van der Waals surface area contributed by atoms with Gasteiger partial charge in [-0.1, -0.05) is 232 Å². The molecule has 0 heterocycles. The Balaban J connectivity index is 0.000000187. The van der Waals surface area contributed by atoms with Crippen LogP contribution in [0.25, 0.3) is 0 Å². The molecule has 8 aromatic carbocycles. The van der Waals surface area contributed by atoms with E-state index >= 15 is 0 Å². The SMILES string of the molecule is CC.Cc1ccc(C(=O)O)cc1C#C/C=C/N.Nc1ccccc1.c1ccc(P(c2ccccc2)c2ccccc2)cc1.c1ccc(P(c2ccccc2)c2ccccc2)cc1. The Labute approximate surface area is 371 Å². The monoisotopic (exact) mass is 848 g/mol. The molecule has 0 saturated heterocycles. The first-order chi connectivity index (χ1) is 30.4. The molecular formula is C56H54N2O2P2. The van der Waals surface area contributed by atoms with Gasteiger partial charge in [0.25, 0.3) is 0 Å². The van der Waals surface area contributed by atoms with Crippen LogP contribution in [0.1, 0.15) is 35.3 Å². The van der Waals surface area contributed by atoms with E-state index in [1.54, 1.807) is 18.2 Å². The van der Waals surface area contributed by atoms with Crippen molar-refractivity contribution in [3.8, 4) is 11.8 Å². The fourth-order valence-electron chi connectivity index (χ4n) is 5.87. The van der Waals surface area contributed by atoms with Gasteiger partial charge in [-0.25, -0.2) is 4.79 Å². The molecule has 0 radical (unpaired) electrons. The van der Waals surface area contributed by atoms with Crippen LogP contribution in [-0.2, 0) is 0 Å². The molecule has 5 N–H and O–H groups in total. The molecule has 8 rings (SSSR count). The molecule has 8 aromatic rings. The number of allylic oxidation sites excluding steroid dienone is 1. The third-order valence-corrected chi connectivity index (χ3v) is 13.6. The van der Waals surface area contributed by atoms with Gasteiger partial charge in [0, 0.05) is 23.5 Å². The number of hydrogen-bond acceptors (Lipinski definition) is 3. The fourth-order valence-corrected chi connectivity index (χ4v) is 10.5. The molecule has 0 bridgehead atoms. The van der Waals surface area contributed by atoms with Crippen LogP contribution in [0.2, 0.25) is 0 Å². The van der Waals surface area contributed by atoms with Crippen molar-refractivity contribution in [3.05, 3.63) is 259 Å². The highest BCUT2D eigenvalue weighted by Gasteiger charge is 2.16. The van der Waals surface area contributed by atoms with Crippen LogP contribution < -0.4 is 43.3 Å². The van der Waals surface area contributed by atoms with Gasteiger partial charge in [-0.15, -0.1) is 0 Å². The topological polar surface area (TPSA) is 89.3 Å². The lowest BCUT2D eigenvalue weighted by atomic mass is 10.1. The molecule has 6 heteroatoms. The van der Waals surface area contributed by atoms with Crippen molar-refractivity contribution in [2.75, 3.05) is 5.73 Å². The number of rotatable bonds is 7.